The highest BCUT2D eigenvalue weighted by Crippen LogP contribution is 2.70. The quantitative estimate of drug-likeness (QED) is 0.0825. The summed E-state index contributed by atoms with van der Waals surface area (Å²) in [6.45, 7) is -1.30. The molecule has 0 N–H and O–H groups in total. The molecule has 0 aromatic carbocycles. The fourth-order valence-electron chi connectivity index (χ4n) is 3.57. The summed E-state index contributed by atoms with van der Waals surface area (Å²) in [6.07, 6.45) is -15.8. The van der Waals surface area contributed by atoms with Crippen molar-refractivity contribution < 1.29 is 172 Å². The van der Waals surface area contributed by atoms with Crippen molar-refractivity contribution in [2.24, 2.45) is 0 Å². The summed E-state index contributed by atoms with van der Waals surface area (Å²) in [5.74, 6) is -158. The van der Waals surface area contributed by atoms with E-state index < -0.39 is 125 Å². The summed E-state index contributed by atoms with van der Waals surface area (Å²) >= 11 is 0. The predicted octanol–water partition coefficient (Wildman–Crippen LogP) is 12.4. The first-order chi connectivity index (χ1) is 25.8. The van der Waals surface area contributed by atoms with E-state index in [1.807, 2.05) is 0 Å². The zero-order chi connectivity index (χ0) is 50.6. The smallest absolute Gasteiger partial charge is 0.460 e. The predicted molar refractivity (Wildman–Crippen MR) is 111 cm³/mol. The van der Waals surface area contributed by atoms with Crippen LogP contribution in [0.2, 0.25) is 0 Å². The van der Waals surface area contributed by atoms with Crippen LogP contribution in [0.15, 0.2) is 11.4 Å². The molecule has 0 aliphatic rings. The molecular formula is C22H5F37O2. The molecule has 39 heteroatoms. The van der Waals surface area contributed by atoms with Crippen molar-refractivity contribution in [3.05, 3.63) is 11.4 Å². The molecule has 0 bridgehead atoms. The fourth-order valence-corrected chi connectivity index (χ4v) is 3.57. The summed E-state index contributed by atoms with van der Waals surface area (Å²) in [4.78, 5) is 11.1. The second kappa shape index (κ2) is 14.6. The Labute approximate surface area is 305 Å². The Hall–Kier alpha value is -3.38. The van der Waals surface area contributed by atoms with E-state index in [9.17, 15) is 167 Å². The number of ether oxygens (including phenoxy) is 1. The number of carbonyl (C=O) groups excluding carboxylic acids is 1. The van der Waals surface area contributed by atoms with Crippen molar-refractivity contribution in [1.29, 1.82) is 0 Å². The lowest BCUT2D eigenvalue weighted by Crippen LogP contribution is -2.80. The van der Waals surface area contributed by atoms with E-state index in [4.69, 9.17) is 0 Å². The molecule has 0 radical (unpaired) electrons. The molecule has 2 nitrogen and oxygen atoms in total. The molecule has 0 rings (SSSR count). The van der Waals surface area contributed by atoms with Crippen molar-refractivity contribution in [3.8, 4) is 0 Å². The SMILES string of the molecule is CCOC(=O)C(=C(F)C(F)(F)C(F)(F)C(F)(F)C(F)(F)C(F)(F)C(F)(F)C(F)(F)C(F)(F)C(F)(F)C(F)(F)C(F)(F)C(F)(F)C(F)(F)C(F)(F)C(F)(F)C(F)(F)F)C(F)(F)F. The summed E-state index contributed by atoms with van der Waals surface area (Å²) in [6, 6.07) is 0. The first kappa shape index (κ1) is 57.6. The van der Waals surface area contributed by atoms with E-state index >= 15 is 0 Å². The lowest BCUT2D eigenvalue weighted by molar-refractivity contribution is -0.490. The average Bonchev–Trinajstić information content (AvgIpc) is 3.02. The van der Waals surface area contributed by atoms with Gasteiger partial charge < -0.3 is 4.74 Å². The number of rotatable bonds is 17. The van der Waals surface area contributed by atoms with Crippen LogP contribution in [0.4, 0.5) is 162 Å². The number of hydrogen-bond donors (Lipinski definition) is 0. The van der Waals surface area contributed by atoms with E-state index in [1.54, 1.807) is 0 Å². The van der Waals surface area contributed by atoms with E-state index in [1.165, 1.54) is 0 Å². The van der Waals surface area contributed by atoms with Gasteiger partial charge in [0.2, 0.25) is 0 Å². The molecule has 0 amide bonds. The molecule has 364 valence electrons. The first-order valence-electron chi connectivity index (χ1n) is 13.1. The van der Waals surface area contributed by atoms with Gasteiger partial charge in [0, 0.05) is 0 Å². The van der Waals surface area contributed by atoms with Gasteiger partial charge in [-0.3, -0.25) is 0 Å². The van der Waals surface area contributed by atoms with Gasteiger partial charge in [-0.15, -0.1) is 0 Å². The Morgan fingerprint density at radius 1 is 0.328 bits per heavy atom. The highest BCUT2D eigenvalue weighted by molar-refractivity contribution is 5.90. The molecule has 61 heavy (non-hydrogen) atoms. The van der Waals surface area contributed by atoms with Gasteiger partial charge in [-0.1, -0.05) is 0 Å². The van der Waals surface area contributed by atoms with Crippen LogP contribution in [-0.2, 0) is 9.53 Å². The maximum atomic E-state index is 14.0. The molecule has 0 spiro atoms. The minimum absolute atomic E-state index is 0.316. The Balaban J connectivity index is 7.98. The lowest BCUT2D eigenvalue weighted by atomic mass is 9.82. The standard InChI is InChI=1S/C22H5F37O2/c1-2-61-5(60)3(7(26,27)28)4(23)6(24,25)8(29,30)9(31,32)10(33,34)11(35,36)12(37,38)13(39,40)14(41,42)15(43,44)16(45,46)17(47,48)18(49,50)19(51,52)20(53,54)21(55,56)22(57,58)59/h2H2,1H3. The van der Waals surface area contributed by atoms with Crippen molar-refractivity contribution >= 4 is 5.97 Å². The highest BCUT2D eigenvalue weighted by Gasteiger charge is 3.02. The van der Waals surface area contributed by atoms with Crippen LogP contribution >= 0.6 is 0 Å². The van der Waals surface area contributed by atoms with Crippen molar-refractivity contribution in [3.63, 3.8) is 0 Å². The Kier molecular flexibility index (Phi) is 13.8. The molecule has 0 fully saturated rings. The van der Waals surface area contributed by atoms with Crippen LogP contribution in [0, 0.1) is 0 Å². The second-order valence-corrected chi connectivity index (χ2v) is 11.0. The van der Waals surface area contributed by atoms with E-state index in [2.05, 4.69) is 4.74 Å². The van der Waals surface area contributed by atoms with Gasteiger partial charge >= 0.3 is 107 Å². The molecule has 0 aliphatic carbocycles. The van der Waals surface area contributed by atoms with Gasteiger partial charge in [0.15, 0.2) is 11.4 Å². The molecular weight excluding hydrogens is 999 g/mol. The Morgan fingerprint density at radius 3 is 0.672 bits per heavy atom. The van der Waals surface area contributed by atoms with Crippen LogP contribution in [0.3, 0.4) is 0 Å². The first-order valence-corrected chi connectivity index (χ1v) is 13.1. The summed E-state index contributed by atoms with van der Waals surface area (Å²) in [5, 5.41) is 0. The maximum Gasteiger partial charge on any atom is 0.460 e. The summed E-state index contributed by atoms with van der Waals surface area (Å²) in [7, 11) is 0. The van der Waals surface area contributed by atoms with Gasteiger partial charge in [0.05, 0.1) is 6.61 Å². The molecule has 0 aromatic rings. The van der Waals surface area contributed by atoms with E-state index in [0.29, 0.717) is 6.92 Å². The number of esters is 1. The normalized spacial score (nSPS) is 17.1. The largest absolute Gasteiger partial charge is 0.462 e. The minimum Gasteiger partial charge on any atom is -0.462 e. The van der Waals surface area contributed by atoms with E-state index in [-0.39, 0.29) is 0 Å². The molecule has 0 aromatic heterocycles. The van der Waals surface area contributed by atoms with Crippen molar-refractivity contribution in [1.82, 2.24) is 0 Å². The van der Waals surface area contributed by atoms with Gasteiger partial charge in [0.1, 0.15) is 0 Å². The highest BCUT2D eigenvalue weighted by atomic mass is 19.4. The number of halogens is 37. The van der Waals surface area contributed by atoms with Crippen LogP contribution in [0.1, 0.15) is 6.92 Å². The van der Waals surface area contributed by atoms with Gasteiger partial charge in [-0.2, -0.15) is 158 Å². The fraction of sp³-hybridized carbons (Fsp3) is 0.864. The molecule has 0 atom stereocenters. The minimum atomic E-state index is -10.4. The number of allylic oxidation sites excluding steroid dienone is 1. The third-order valence-corrected chi connectivity index (χ3v) is 7.13. The van der Waals surface area contributed by atoms with Crippen LogP contribution < -0.4 is 0 Å². The Morgan fingerprint density at radius 2 is 0.508 bits per heavy atom. The second-order valence-electron chi connectivity index (χ2n) is 11.0. The molecule has 0 heterocycles. The summed E-state index contributed by atoms with van der Waals surface area (Å²) in [5.41, 5.74) is -4.66. The molecule has 0 saturated heterocycles. The van der Waals surface area contributed by atoms with Crippen molar-refractivity contribution in [2.75, 3.05) is 6.61 Å². The van der Waals surface area contributed by atoms with E-state index in [0.717, 1.165) is 0 Å². The third kappa shape index (κ3) is 7.07. The van der Waals surface area contributed by atoms with Crippen LogP contribution in [-0.4, -0.2) is 114 Å². The maximum absolute atomic E-state index is 14.0. The number of hydrogen-bond acceptors (Lipinski definition) is 2. The van der Waals surface area contributed by atoms with Gasteiger partial charge in [-0.05, 0) is 6.92 Å². The van der Waals surface area contributed by atoms with Crippen LogP contribution in [0.25, 0.3) is 0 Å². The number of alkyl halides is 36. The van der Waals surface area contributed by atoms with Gasteiger partial charge in [-0.25, -0.2) is 9.18 Å². The van der Waals surface area contributed by atoms with Crippen molar-refractivity contribution in [2.45, 2.75) is 108 Å². The average molecular weight is 1000 g/mol. The molecule has 0 saturated carbocycles. The summed E-state index contributed by atoms with van der Waals surface area (Å²) < 4.78 is 505. The lowest BCUT2D eigenvalue weighted by Gasteiger charge is -2.46. The molecule has 0 aliphatic heterocycles. The zero-order valence-corrected chi connectivity index (χ0v) is 26.5. The molecule has 0 unspecified atom stereocenters. The third-order valence-electron chi connectivity index (χ3n) is 7.13. The number of carbonyl (C=O) groups is 1. The monoisotopic (exact) mass is 1000 g/mol. The Bertz CT molecular complexity index is 1650. The van der Waals surface area contributed by atoms with Crippen LogP contribution in [0.5, 0.6) is 0 Å². The zero-order valence-electron chi connectivity index (χ0n) is 26.5. The van der Waals surface area contributed by atoms with Gasteiger partial charge in [0.25, 0.3) is 0 Å². The topological polar surface area (TPSA) is 26.3 Å².